The number of alkyl halides is 6. The molecule has 1 N–H and O–H groups in total. The van der Waals surface area contributed by atoms with Crippen LogP contribution in [-0.2, 0) is 11.0 Å². The van der Waals surface area contributed by atoms with Crippen LogP contribution in [0, 0.1) is 5.82 Å². The third-order valence-corrected chi connectivity index (χ3v) is 7.08. The van der Waals surface area contributed by atoms with Gasteiger partial charge in [0.1, 0.15) is 17.9 Å². The van der Waals surface area contributed by atoms with Crippen LogP contribution in [0.15, 0.2) is 66.0 Å². The Morgan fingerprint density at radius 2 is 1.80 bits per heavy atom. The summed E-state index contributed by atoms with van der Waals surface area (Å²) in [5.74, 6) is -2.41. The van der Waals surface area contributed by atoms with Crippen LogP contribution in [0.1, 0.15) is 5.56 Å². The molecule has 0 unspecified atom stereocenters. The second-order valence-corrected chi connectivity index (χ2v) is 10.5. The zero-order valence-corrected chi connectivity index (χ0v) is 24.2. The summed E-state index contributed by atoms with van der Waals surface area (Å²) in [6, 6.07) is 7.78. The number of aromatic nitrogens is 4. The van der Waals surface area contributed by atoms with Gasteiger partial charge in [-0.2, -0.15) is 18.2 Å². The number of aliphatic imine (C=N–C) groups is 1. The third kappa shape index (κ3) is 7.19. The van der Waals surface area contributed by atoms with E-state index in [2.05, 4.69) is 30.1 Å². The average Bonchev–Trinajstić information content (AvgIpc) is 3.60. The van der Waals surface area contributed by atoms with Crippen LogP contribution in [0.2, 0.25) is 0 Å². The van der Waals surface area contributed by atoms with Gasteiger partial charge >= 0.3 is 18.6 Å². The number of amidine groups is 1. The molecule has 1 aliphatic rings. The minimum absolute atomic E-state index is 0.00590. The number of amides is 3. The molecule has 3 heterocycles. The molecular weight excluding hydrogens is 649 g/mol. The molecule has 1 fully saturated rings. The SMILES string of the molecule is CN(C)c1ccc(C(F)(F)F)c(N2C(=O)CS/C2=N\C(=O)Nc2ccc(-c3ncn(-c4ccc(OC(F)(F)F)cn4)n3)cc2F)c1. The molecule has 0 aliphatic carbocycles. The Morgan fingerprint density at radius 1 is 1.04 bits per heavy atom. The number of thioether (sulfide) groups is 1. The molecule has 0 bridgehead atoms. The molecule has 1 aliphatic heterocycles. The van der Waals surface area contributed by atoms with Gasteiger partial charge in [0.15, 0.2) is 16.8 Å². The molecule has 1 saturated heterocycles. The second kappa shape index (κ2) is 12.3. The zero-order valence-electron chi connectivity index (χ0n) is 23.4. The van der Waals surface area contributed by atoms with E-state index in [4.69, 9.17) is 0 Å². The van der Waals surface area contributed by atoms with Crippen molar-refractivity contribution < 1.29 is 45.1 Å². The predicted molar refractivity (Wildman–Crippen MR) is 153 cm³/mol. The summed E-state index contributed by atoms with van der Waals surface area (Å²) < 4.78 is 98.4. The first-order valence-corrected chi connectivity index (χ1v) is 13.8. The Balaban J connectivity index is 1.33. The number of halogens is 7. The first kappa shape index (κ1) is 32.2. The Morgan fingerprint density at radius 3 is 2.43 bits per heavy atom. The lowest BCUT2D eigenvalue weighted by atomic mass is 10.1. The van der Waals surface area contributed by atoms with E-state index < -0.39 is 47.3 Å². The van der Waals surface area contributed by atoms with Crippen molar-refractivity contribution in [2.75, 3.05) is 35.0 Å². The van der Waals surface area contributed by atoms with Crippen molar-refractivity contribution in [1.29, 1.82) is 0 Å². The number of pyridine rings is 1. The van der Waals surface area contributed by atoms with Crippen LogP contribution in [0.3, 0.4) is 0 Å². The summed E-state index contributed by atoms with van der Waals surface area (Å²) >= 11 is 0.743. The van der Waals surface area contributed by atoms with Crippen molar-refractivity contribution in [1.82, 2.24) is 19.7 Å². The molecule has 240 valence electrons. The maximum Gasteiger partial charge on any atom is 0.573 e. The van der Waals surface area contributed by atoms with E-state index in [0.717, 1.165) is 53.0 Å². The van der Waals surface area contributed by atoms with Crippen LogP contribution in [0.25, 0.3) is 17.2 Å². The highest BCUT2D eigenvalue weighted by atomic mass is 32.2. The Bertz CT molecular complexity index is 1830. The van der Waals surface area contributed by atoms with Gasteiger partial charge < -0.3 is 15.0 Å². The largest absolute Gasteiger partial charge is 0.573 e. The van der Waals surface area contributed by atoms with Crippen LogP contribution in [0.5, 0.6) is 5.75 Å². The average molecular weight is 669 g/mol. The fourth-order valence-corrected chi connectivity index (χ4v) is 4.96. The molecule has 46 heavy (non-hydrogen) atoms. The number of rotatable bonds is 6. The summed E-state index contributed by atoms with van der Waals surface area (Å²) in [5.41, 5.74) is -1.44. The molecule has 2 aromatic heterocycles. The van der Waals surface area contributed by atoms with Crippen molar-refractivity contribution in [3.05, 3.63) is 72.4 Å². The number of urea groups is 1. The van der Waals surface area contributed by atoms with Gasteiger partial charge in [0.2, 0.25) is 5.91 Å². The van der Waals surface area contributed by atoms with Gasteiger partial charge in [0.05, 0.1) is 28.9 Å². The topological polar surface area (TPSA) is 118 Å². The summed E-state index contributed by atoms with van der Waals surface area (Å²) in [6.45, 7) is 0. The number of anilines is 3. The normalized spacial score (nSPS) is 14.6. The number of carbonyl (C=O) groups excluding carboxylic acids is 2. The molecule has 0 saturated carbocycles. The van der Waals surface area contributed by atoms with E-state index in [9.17, 15) is 40.3 Å². The lowest BCUT2D eigenvalue weighted by Gasteiger charge is -2.23. The van der Waals surface area contributed by atoms with Gasteiger partial charge in [-0.1, -0.05) is 11.8 Å². The van der Waals surface area contributed by atoms with E-state index in [1.165, 1.54) is 24.5 Å². The lowest BCUT2D eigenvalue weighted by Crippen LogP contribution is -2.32. The molecule has 2 aromatic carbocycles. The molecule has 19 heteroatoms. The van der Waals surface area contributed by atoms with Crippen LogP contribution in [-0.4, -0.2) is 63.1 Å². The van der Waals surface area contributed by atoms with E-state index in [1.807, 2.05) is 0 Å². The smallest absolute Gasteiger partial charge is 0.404 e. The molecule has 11 nitrogen and oxygen atoms in total. The predicted octanol–water partition coefficient (Wildman–Crippen LogP) is 6.12. The maximum absolute atomic E-state index is 15.0. The molecular formula is C27H19F7N8O3S. The summed E-state index contributed by atoms with van der Waals surface area (Å²) in [6.07, 6.45) is -7.68. The number of ether oxygens (including phenoxy) is 1. The fourth-order valence-electron chi connectivity index (χ4n) is 4.10. The van der Waals surface area contributed by atoms with Crippen molar-refractivity contribution in [2.24, 2.45) is 4.99 Å². The Hall–Kier alpha value is -5.20. The van der Waals surface area contributed by atoms with Gasteiger partial charge in [-0.15, -0.1) is 18.3 Å². The first-order valence-electron chi connectivity index (χ1n) is 12.8. The molecule has 3 amide bonds. The van der Waals surface area contributed by atoms with E-state index >= 15 is 0 Å². The molecule has 5 rings (SSSR count). The zero-order chi connectivity index (χ0) is 33.4. The number of nitrogens with zero attached hydrogens (tertiary/aromatic N) is 7. The monoisotopic (exact) mass is 668 g/mol. The highest BCUT2D eigenvalue weighted by Gasteiger charge is 2.40. The number of nitrogens with one attached hydrogen (secondary N) is 1. The standard InChI is InChI=1S/C27H19F7N8O3S/c1-40(2)15-4-6-17(26(29,30)31)20(10-15)42-22(43)12-46-25(42)38-24(44)37-19-7-3-14(9-18(19)28)23-36-13-41(39-23)21-8-5-16(11-35-21)45-27(32,33)34/h3-11,13H,12H2,1-2H3,(H,37,44)/b38-25-. The number of hydrogen-bond acceptors (Lipinski definition) is 8. The third-order valence-electron chi connectivity index (χ3n) is 6.16. The fraction of sp³-hybridized carbons (Fsp3) is 0.185. The van der Waals surface area contributed by atoms with Gasteiger partial charge in [-0.25, -0.2) is 23.8 Å². The quantitative estimate of drug-likeness (QED) is 0.245. The number of benzene rings is 2. The van der Waals surface area contributed by atoms with Crippen molar-refractivity contribution in [3.8, 4) is 23.0 Å². The minimum atomic E-state index is -4.89. The lowest BCUT2D eigenvalue weighted by molar-refractivity contribution is -0.274. The Kier molecular flexibility index (Phi) is 8.61. The van der Waals surface area contributed by atoms with Crippen molar-refractivity contribution >= 4 is 45.9 Å². The maximum atomic E-state index is 15.0. The van der Waals surface area contributed by atoms with E-state index in [0.29, 0.717) is 10.6 Å². The number of hydrogen-bond donors (Lipinski definition) is 1. The van der Waals surface area contributed by atoms with Gasteiger partial charge in [0, 0.05) is 25.3 Å². The molecule has 4 aromatic rings. The molecule has 0 atom stereocenters. The van der Waals surface area contributed by atoms with Crippen LogP contribution in [0.4, 0.5) is 52.6 Å². The Labute approximate surface area is 258 Å². The van der Waals surface area contributed by atoms with Crippen LogP contribution < -0.4 is 19.9 Å². The second-order valence-electron chi connectivity index (χ2n) is 9.54. The molecule has 0 spiro atoms. The van der Waals surface area contributed by atoms with Crippen molar-refractivity contribution in [2.45, 2.75) is 12.5 Å². The summed E-state index contributed by atoms with van der Waals surface area (Å²) in [4.78, 5) is 39.2. The van der Waals surface area contributed by atoms with E-state index in [-0.39, 0.29) is 33.8 Å². The first-order chi connectivity index (χ1) is 21.6. The highest BCUT2D eigenvalue weighted by molar-refractivity contribution is 8.15. The highest BCUT2D eigenvalue weighted by Crippen LogP contribution is 2.41. The van der Waals surface area contributed by atoms with E-state index in [1.54, 1.807) is 19.0 Å². The summed E-state index contributed by atoms with van der Waals surface area (Å²) in [5, 5.41) is 5.99. The summed E-state index contributed by atoms with van der Waals surface area (Å²) in [7, 11) is 3.21. The minimum Gasteiger partial charge on any atom is -0.404 e. The van der Waals surface area contributed by atoms with Gasteiger partial charge in [0.25, 0.3) is 0 Å². The van der Waals surface area contributed by atoms with Crippen LogP contribution >= 0.6 is 11.8 Å². The van der Waals surface area contributed by atoms with Gasteiger partial charge in [-0.3, -0.25) is 9.69 Å². The molecule has 0 radical (unpaired) electrons. The number of carbonyl (C=O) groups is 2. The van der Waals surface area contributed by atoms with Crippen molar-refractivity contribution in [3.63, 3.8) is 0 Å². The van der Waals surface area contributed by atoms with Gasteiger partial charge in [-0.05, 0) is 48.5 Å².